The van der Waals surface area contributed by atoms with Crippen molar-refractivity contribution in [2.75, 3.05) is 6.54 Å². The molecule has 138 valence electrons. The lowest BCUT2D eigenvalue weighted by Gasteiger charge is -2.28. The van der Waals surface area contributed by atoms with Gasteiger partial charge in [0.05, 0.1) is 6.54 Å². The van der Waals surface area contributed by atoms with Crippen LogP contribution in [0, 0.1) is 5.82 Å². The molecule has 3 aromatic rings. The minimum atomic E-state index is -0.332. The molecule has 4 rings (SSSR count). The molecule has 0 spiro atoms. The molecule has 0 saturated carbocycles. The van der Waals surface area contributed by atoms with Crippen molar-refractivity contribution in [3.8, 4) is 5.75 Å². The fourth-order valence-electron chi connectivity index (χ4n) is 3.32. The van der Waals surface area contributed by atoms with Gasteiger partial charge in [-0.15, -0.1) is 0 Å². The van der Waals surface area contributed by atoms with Gasteiger partial charge in [-0.05, 0) is 35.2 Å². The molecule has 0 fully saturated rings. The predicted octanol–water partition coefficient (Wildman–Crippen LogP) is 3.92. The first kappa shape index (κ1) is 17.5. The molecule has 0 amide bonds. The second kappa shape index (κ2) is 7.76. The third-order valence-corrected chi connectivity index (χ3v) is 4.72. The number of rotatable bonds is 5. The minimum Gasteiger partial charge on any atom is -0.482 e. The predicted molar refractivity (Wildman–Crippen MR) is 100.0 cm³/mol. The summed E-state index contributed by atoms with van der Waals surface area (Å²) in [5.41, 5.74) is 3.13. The average Bonchev–Trinajstić information content (AvgIpc) is 2.67. The van der Waals surface area contributed by atoms with Crippen molar-refractivity contribution in [1.82, 2.24) is 4.90 Å². The second-order valence-electron chi connectivity index (χ2n) is 6.72. The highest BCUT2D eigenvalue weighted by Gasteiger charge is 2.17. The molecule has 0 N–H and O–H groups in total. The number of ether oxygens (including phenoxy) is 1. The third kappa shape index (κ3) is 4.26. The third-order valence-electron chi connectivity index (χ3n) is 4.72. The van der Waals surface area contributed by atoms with Crippen molar-refractivity contribution in [3.05, 3.63) is 99.4 Å². The van der Waals surface area contributed by atoms with Gasteiger partial charge in [0.15, 0.2) is 0 Å². The summed E-state index contributed by atoms with van der Waals surface area (Å²) in [7, 11) is 0. The zero-order valence-electron chi connectivity index (χ0n) is 14.9. The standard InChI is InChI=1S/C22H20FNO3/c23-19-7-3-4-16(10-19)14-27-22-15-26-20(11-21(22)25)13-24-9-8-17-5-1-2-6-18(17)12-24/h1-7,10-11,15H,8-9,12-14H2. The lowest BCUT2D eigenvalue weighted by molar-refractivity contribution is 0.220. The van der Waals surface area contributed by atoms with Gasteiger partial charge in [-0.2, -0.15) is 0 Å². The minimum absolute atomic E-state index is 0.116. The lowest BCUT2D eigenvalue weighted by Crippen LogP contribution is -2.30. The van der Waals surface area contributed by atoms with Gasteiger partial charge in [-0.3, -0.25) is 9.69 Å². The number of hydrogen-bond donors (Lipinski definition) is 0. The molecule has 0 aliphatic carbocycles. The van der Waals surface area contributed by atoms with Gasteiger partial charge in [0.2, 0.25) is 11.2 Å². The monoisotopic (exact) mass is 365 g/mol. The summed E-state index contributed by atoms with van der Waals surface area (Å²) in [6.07, 6.45) is 2.34. The van der Waals surface area contributed by atoms with E-state index < -0.39 is 0 Å². The summed E-state index contributed by atoms with van der Waals surface area (Å²) < 4.78 is 24.3. The maximum atomic E-state index is 13.2. The molecule has 5 heteroatoms. The number of benzene rings is 2. The Labute approximate surface area is 156 Å². The zero-order valence-corrected chi connectivity index (χ0v) is 14.9. The molecule has 0 radical (unpaired) electrons. The van der Waals surface area contributed by atoms with E-state index in [1.807, 2.05) is 6.07 Å². The van der Waals surface area contributed by atoms with E-state index in [1.54, 1.807) is 12.1 Å². The van der Waals surface area contributed by atoms with Crippen molar-refractivity contribution in [2.45, 2.75) is 26.1 Å². The van der Waals surface area contributed by atoms with E-state index in [4.69, 9.17) is 9.15 Å². The van der Waals surface area contributed by atoms with Crippen LogP contribution in [0.15, 0.2) is 70.1 Å². The molecule has 0 saturated heterocycles. The fraction of sp³-hybridized carbons (Fsp3) is 0.227. The number of fused-ring (bicyclic) bond motifs is 1. The number of nitrogens with zero attached hydrogens (tertiary/aromatic N) is 1. The van der Waals surface area contributed by atoms with E-state index >= 15 is 0 Å². The molecule has 2 aromatic carbocycles. The highest BCUT2D eigenvalue weighted by molar-refractivity contribution is 5.29. The van der Waals surface area contributed by atoms with Crippen LogP contribution in [0.4, 0.5) is 4.39 Å². The Morgan fingerprint density at radius 1 is 1.07 bits per heavy atom. The molecule has 4 nitrogen and oxygen atoms in total. The van der Waals surface area contributed by atoms with E-state index in [-0.39, 0.29) is 23.6 Å². The maximum absolute atomic E-state index is 13.2. The highest BCUT2D eigenvalue weighted by atomic mass is 19.1. The van der Waals surface area contributed by atoms with E-state index in [1.165, 1.54) is 35.6 Å². The molecule has 1 aromatic heterocycles. The van der Waals surface area contributed by atoms with Gasteiger partial charge in [0.25, 0.3) is 0 Å². The molecule has 0 atom stereocenters. The summed E-state index contributed by atoms with van der Waals surface area (Å²) >= 11 is 0. The van der Waals surface area contributed by atoms with E-state index in [2.05, 4.69) is 23.1 Å². The van der Waals surface area contributed by atoms with Crippen LogP contribution >= 0.6 is 0 Å². The Hall–Kier alpha value is -2.92. The van der Waals surface area contributed by atoms with Crippen LogP contribution in [0.5, 0.6) is 5.75 Å². The summed E-state index contributed by atoms with van der Waals surface area (Å²) in [5.74, 6) is 0.408. The largest absolute Gasteiger partial charge is 0.482 e. The van der Waals surface area contributed by atoms with Crippen LogP contribution in [-0.4, -0.2) is 11.4 Å². The lowest BCUT2D eigenvalue weighted by atomic mass is 10.00. The summed E-state index contributed by atoms with van der Waals surface area (Å²) in [5, 5.41) is 0. The van der Waals surface area contributed by atoms with E-state index in [0.29, 0.717) is 17.9 Å². The average molecular weight is 365 g/mol. The Bertz CT molecular complexity index is 999. The van der Waals surface area contributed by atoms with Crippen molar-refractivity contribution in [2.24, 2.45) is 0 Å². The molecular formula is C22H20FNO3. The normalized spacial score (nSPS) is 14.0. The molecule has 0 unspecified atom stereocenters. The topological polar surface area (TPSA) is 42.7 Å². The van der Waals surface area contributed by atoms with Crippen LogP contribution in [-0.2, 0) is 26.1 Å². The Morgan fingerprint density at radius 3 is 2.74 bits per heavy atom. The number of hydrogen-bond acceptors (Lipinski definition) is 4. The van der Waals surface area contributed by atoms with Gasteiger partial charge in [-0.25, -0.2) is 4.39 Å². The van der Waals surface area contributed by atoms with Crippen molar-refractivity contribution < 1.29 is 13.5 Å². The maximum Gasteiger partial charge on any atom is 0.227 e. The summed E-state index contributed by atoms with van der Waals surface area (Å²) in [6, 6.07) is 16.0. The van der Waals surface area contributed by atoms with Gasteiger partial charge >= 0.3 is 0 Å². The van der Waals surface area contributed by atoms with Gasteiger partial charge < -0.3 is 9.15 Å². The molecular weight excluding hydrogens is 345 g/mol. The van der Waals surface area contributed by atoms with Crippen molar-refractivity contribution in [1.29, 1.82) is 0 Å². The van der Waals surface area contributed by atoms with Gasteiger partial charge in [-0.1, -0.05) is 36.4 Å². The van der Waals surface area contributed by atoms with Gasteiger partial charge in [0.1, 0.15) is 24.4 Å². The van der Waals surface area contributed by atoms with Crippen LogP contribution in [0.1, 0.15) is 22.5 Å². The van der Waals surface area contributed by atoms with E-state index in [9.17, 15) is 9.18 Å². The fourth-order valence-corrected chi connectivity index (χ4v) is 3.32. The summed E-state index contributed by atoms with van der Waals surface area (Å²) in [6.45, 7) is 2.47. The SMILES string of the molecule is O=c1cc(CN2CCc3ccccc3C2)occ1OCc1cccc(F)c1. The van der Waals surface area contributed by atoms with Crippen LogP contribution in [0.3, 0.4) is 0 Å². The first-order valence-electron chi connectivity index (χ1n) is 8.95. The molecule has 1 aliphatic rings. The van der Waals surface area contributed by atoms with Crippen molar-refractivity contribution in [3.63, 3.8) is 0 Å². The first-order chi connectivity index (χ1) is 13.2. The van der Waals surface area contributed by atoms with Crippen LogP contribution < -0.4 is 10.2 Å². The van der Waals surface area contributed by atoms with E-state index in [0.717, 1.165) is 19.5 Å². The smallest absolute Gasteiger partial charge is 0.227 e. The Morgan fingerprint density at radius 2 is 1.93 bits per heavy atom. The number of halogens is 1. The molecule has 27 heavy (non-hydrogen) atoms. The van der Waals surface area contributed by atoms with Gasteiger partial charge in [0, 0.05) is 19.2 Å². The second-order valence-corrected chi connectivity index (χ2v) is 6.72. The quantitative estimate of drug-likeness (QED) is 0.687. The summed E-state index contributed by atoms with van der Waals surface area (Å²) in [4.78, 5) is 14.5. The Balaban J connectivity index is 1.39. The molecule has 0 bridgehead atoms. The first-order valence-corrected chi connectivity index (χ1v) is 8.95. The van der Waals surface area contributed by atoms with Crippen molar-refractivity contribution >= 4 is 0 Å². The molecule has 1 aliphatic heterocycles. The molecule has 2 heterocycles. The highest BCUT2D eigenvalue weighted by Crippen LogP contribution is 2.20. The van der Waals surface area contributed by atoms with Crippen LogP contribution in [0.2, 0.25) is 0 Å². The Kier molecular flexibility index (Phi) is 5.03. The van der Waals surface area contributed by atoms with Crippen LogP contribution in [0.25, 0.3) is 0 Å². The zero-order chi connectivity index (χ0) is 18.6.